The second-order valence-corrected chi connectivity index (χ2v) is 5.23. The van der Waals surface area contributed by atoms with Gasteiger partial charge in [0.2, 0.25) is 0 Å². The molecule has 1 aliphatic heterocycles. The molecule has 1 atom stereocenters. The lowest BCUT2D eigenvalue weighted by molar-refractivity contribution is -0.833. The van der Waals surface area contributed by atoms with Gasteiger partial charge in [0.1, 0.15) is 6.54 Å². The zero-order valence-electron chi connectivity index (χ0n) is 8.06. The zero-order valence-corrected chi connectivity index (χ0v) is 8.88. The van der Waals surface area contributed by atoms with Gasteiger partial charge in [-0.05, 0) is 6.08 Å². The minimum Gasteiger partial charge on any atom is -0.395 e. The van der Waals surface area contributed by atoms with E-state index in [1.807, 2.05) is 18.4 Å². The molecule has 1 rings (SSSR count). The van der Waals surface area contributed by atoms with Crippen molar-refractivity contribution in [1.82, 2.24) is 0 Å². The van der Waals surface area contributed by atoms with Crippen LogP contribution in [0, 0.1) is 0 Å². The van der Waals surface area contributed by atoms with Gasteiger partial charge in [0.05, 0.1) is 43.5 Å². The summed E-state index contributed by atoms with van der Waals surface area (Å²) in [5, 5.41) is 8.62. The van der Waals surface area contributed by atoms with Crippen LogP contribution in [-0.4, -0.2) is 46.8 Å². The molecular weight excluding hydrogens is 186 g/mol. The predicted molar refractivity (Wildman–Crippen MR) is 54.3 cm³/mol. The van der Waals surface area contributed by atoms with Crippen molar-refractivity contribution >= 4 is 10.8 Å². The highest BCUT2D eigenvalue weighted by molar-refractivity contribution is 7.89. The van der Waals surface area contributed by atoms with E-state index in [-0.39, 0.29) is 6.61 Å². The number of aliphatic hydroxyl groups is 1. The SMILES string of the molecule is C[N+]1(C)C=CC(S(=O)CCO)=CC1. The molecule has 1 N–H and O–H groups in total. The summed E-state index contributed by atoms with van der Waals surface area (Å²) in [6.07, 6.45) is 5.88. The van der Waals surface area contributed by atoms with Gasteiger partial charge in [0, 0.05) is 11.0 Å². The van der Waals surface area contributed by atoms with Crippen molar-refractivity contribution < 1.29 is 13.8 Å². The molecule has 0 aromatic rings. The number of allylic oxidation sites excluding steroid dienone is 1. The minimum absolute atomic E-state index is 0.0178. The van der Waals surface area contributed by atoms with Crippen LogP contribution in [0.5, 0.6) is 0 Å². The third-order valence-electron chi connectivity index (χ3n) is 1.94. The van der Waals surface area contributed by atoms with Gasteiger partial charge in [-0.3, -0.25) is 8.69 Å². The van der Waals surface area contributed by atoms with Gasteiger partial charge in [-0.25, -0.2) is 0 Å². The van der Waals surface area contributed by atoms with Crippen molar-refractivity contribution in [3.63, 3.8) is 0 Å². The van der Waals surface area contributed by atoms with E-state index in [0.717, 1.165) is 15.9 Å². The van der Waals surface area contributed by atoms with Crippen LogP contribution >= 0.6 is 0 Å². The van der Waals surface area contributed by atoms with Crippen LogP contribution in [0.4, 0.5) is 0 Å². The molecule has 0 bridgehead atoms. The minimum atomic E-state index is -1.03. The van der Waals surface area contributed by atoms with E-state index in [1.54, 1.807) is 0 Å². The highest BCUT2D eigenvalue weighted by Crippen LogP contribution is 2.14. The summed E-state index contributed by atoms with van der Waals surface area (Å²) in [6.45, 7) is 0.846. The van der Waals surface area contributed by atoms with E-state index >= 15 is 0 Å². The van der Waals surface area contributed by atoms with Crippen molar-refractivity contribution in [2.75, 3.05) is 33.0 Å². The van der Waals surface area contributed by atoms with Crippen LogP contribution in [0.2, 0.25) is 0 Å². The van der Waals surface area contributed by atoms with E-state index in [4.69, 9.17) is 5.11 Å². The summed E-state index contributed by atoms with van der Waals surface area (Å²) in [4.78, 5) is 0.839. The molecule has 1 aliphatic rings. The van der Waals surface area contributed by atoms with Crippen LogP contribution in [0.15, 0.2) is 23.3 Å². The third-order valence-corrected chi connectivity index (χ3v) is 3.33. The summed E-state index contributed by atoms with van der Waals surface area (Å²) < 4.78 is 12.2. The van der Waals surface area contributed by atoms with Gasteiger partial charge in [-0.2, -0.15) is 0 Å². The fraction of sp³-hybridized carbons (Fsp3) is 0.556. The first kappa shape index (κ1) is 10.6. The molecule has 0 amide bonds. The Kier molecular flexibility index (Phi) is 3.41. The summed E-state index contributed by atoms with van der Waals surface area (Å²) in [6, 6.07) is 0. The molecule has 0 spiro atoms. The maximum Gasteiger partial charge on any atom is 0.103 e. The molecule has 0 fully saturated rings. The number of nitrogens with zero attached hydrogens (tertiary/aromatic N) is 1. The second-order valence-electron chi connectivity index (χ2n) is 3.66. The van der Waals surface area contributed by atoms with Gasteiger partial charge in [0.25, 0.3) is 0 Å². The van der Waals surface area contributed by atoms with Crippen LogP contribution in [0.1, 0.15) is 0 Å². The molecule has 13 heavy (non-hydrogen) atoms. The predicted octanol–water partition coefficient (Wildman–Crippen LogP) is 0.215. The summed E-state index contributed by atoms with van der Waals surface area (Å²) >= 11 is 0. The molecule has 0 aromatic carbocycles. The molecule has 4 heteroatoms. The standard InChI is InChI=1S/C9H16NO2S/c1-10(2)5-3-9(4-6-10)13(12)8-7-11/h3-5,11H,6-8H2,1-2H3/q+1. The fourth-order valence-corrected chi connectivity index (χ4v) is 1.97. The van der Waals surface area contributed by atoms with E-state index in [1.165, 1.54) is 0 Å². The second kappa shape index (κ2) is 4.17. The summed E-state index contributed by atoms with van der Waals surface area (Å²) in [5.74, 6) is 0.337. The Morgan fingerprint density at radius 1 is 1.62 bits per heavy atom. The topological polar surface area (TPSA) is 37.3 Å². The van der Waals surface area contributed by atoms with Gasteiger partial charge in [-0.1, -0.05) is 0 Å². The monoisotopic (exact) mass is 202 g/mol. The van der Waals surface area contributed by atoms with Gasteiger partial charge in [0.15, 0.2) is 0 Å². The number of likely N-dealkylation sites (N-methyl/N-ethyl adjacent to an activating group) is 1. The quantitative estimate of drug-likeness (QED) is 0.665. The van der Waals surface area contributed by atoms with Crippen LogP contribution in [-0.2, 0) is 10.8 Å². The third kappa shape index (κ3) is 3.06. The molecule has 0 aliphatic carbocycles. The molecule has 0 aromatic heterocycles. The van der Waals surface area contributed by atoms with Crippen LogP contribution in [0.25, 0.3) is 0 Å². The smallest absolute Gasteiger partial charge is 0.103 e. The van der Waals surface area contributed by atoms with Gasteiger partial charge >= 0.3 is 0 Å². The van der Waals surface area contributed by atoms with E-state index in [9.17, 15) is 4.21 Å². The lowest BCUT2D eigenvalue weighted by Gasteiger charge is -2.26. The zero-order chi connectivity index (χ0) is 9.90. The van der Waals surface area contributed by atoms with Crippen molar-refractivity contribution in [2.45, 2.75) is 0 Å². The maximum absolute atomic E-state index is 11.4. The Hall–Kier alpha value is -0.450. The maximum atomic E-state index is 11.4. The molecule has 3 nitrogen and oxygen atoms in total. The summed E-state index contributed by atoms with van der Waals surface area (Å²) in [5.41, 5.74) is 0. The highest BCUT2D eigenvalue weighted by Gasteiger charge is 2.16. The average molecular weight is 202 g/mol. The number of quaternary nitrogens is 1. The number of hydrogen-bond acceptors (Lipinski definition) is 2. The molecule has 74 valence electrons. The lowest BCUT2D eigenvalue weighted by atomic mass is 10.3. The normalized spacial score (nSPS) is 22.5. The molecular formula is C9H16NO2S+. The molecule has 0 saturated carbocycles. The Labute approximate surface area is 81.4 Å². The van der Waals surface area contributed by atoms with Crippen molar-refractivity contribution in [1.29, 1.82) is 0 Å². The molecule has 1 heterocycles. The molecule has 0 saturated heterocycles. The van der Waals surface area contributed by atoms with Crippen molar-refractivity contribution in [3.8, 4) is 0 Å². The molecule has 1 unspecified atom stereocenters. The Morgan fingerprint density at radius 3 is 2.77 bits per heavy atom. The van der Waals surface area contributed by atoms with E-state index in [2.05, 4.69) is 14.1 Å². The fourth-order valence-electron chi connectivity index (χ4n) is 1.10. The highest BCUT2D eigenvalue weighted by atomic mass is 32.2. The van der Waals surface area contributed by atoms with E-state index in [0.29, 0.717) is 5.75 Å². The van der Waals surface area contributed by atoms with E-state index < -0.39 is 10.8 Å². The Balaban J connectivity index is 2.62. The number of rotatable bonds is 3. The lowest BCUT2D eigenvalue weighted by Crippen LogP contribution is -2.35. The van der Waals surface area contributed by atoms with Crippen molar-refractivity contribution in [2.24, 2.45) is 0 Å². The first-order valence-corrected chi connectivity index (χ1v) is 5.58. The largest absolute Gasteiger partial charge is 0.395 e. The number of aliphatic hydroxyl groups excluding tert-OH is 1. The van der Waals surface area contributed by atoms with Gasteiger partial charge in [-0.15, -0.1) is 0 Å². The number of hydrogen-bond donors (Lipinski definition) is 1. The van der Waals surface area contributed by atoms with Gasteiger partial charge < -0.3 is 5.11 Å². The van der Waals surface area contributed by atoms with Crippen molar-refractivity contribution in [3.05, 3.63) is 23.3 Å². The average Bonchev–Trinajstić information content (AvgIpc) is 2.04. The molecule has 0 radical (unpaired) electrons. The Morgan fingerprint density at radius 2 is 2.31 bits per heavy atom. The van der Waals surface area contributed by atoms with Crippen LogP contribution in [0.3, 0.4) is 0 Å². The first-order chi connectivity index (χ1) is 6.05. The summed E-state index contributed by atoms with van der Waals surface area (Å²) in [7, 11) is 3.14. The van der Waals surface area contributed by atoms with Crippen LogP contribution < -0.4 is 0 Å². The first-order valence-electron chi connectivity index (χ1n) is 4.26. The Bertz CT molecular complexity index is 269.